The lowest BCUT2D eigenvalue weighted by atomic mass is 10.0. The Morgan fingerprint density at radius 2 is 1.11 bits per heavy atom. The van der Waals surface area contributed by atoms with Crippen LogP contribution >= 0.6 is 0 Å². The Hall–Kier alpha value is -0.210. The highest BCUT2D eigenvalue weighted by Gasteiger charge is 2.10. The van der Waals surface area contributed by atoms with Crippen LogP contribution in [-0.4, -0.2) is 46.4 Å². The van der Waals surface area contributed by atoms with E-state index in [0.29, 0.717) is 13.1 Å². The minimum Gasteiger partial charge on any atom is -0.395 e. The molecule has 0 heterocycles. The van der Waals surface area contributed by atoms with Crippen molar-refractivity contribution in [2.75, 3.05) is 32.9 Å². The van der Waals surface area contributed by atoms with Crippen molar-refractivity contribution in [3.63, 3.8) is 0 Å². The summed E-state index contributed by atoms with van der Waals surface area (Å²) in [5, 5.41) is 11.4. The number of unbranched alkanes of at least 4 members (excludes halogenated alkanes) is 13. The van der Waals surface area contributed by atoms with Crippen molar-refractivity contribution in [3.8, 4) is 0 Å². The maximum Gasteiger partial charge on any atom is 0.399 e. The van der Waals surface area contributed by atoms with Gasteiger partial charge in [-0.05, 0) is 6.42 Å². The molecule has 0 atom stereocenters. The predicted molar refractivity (Wildman–Crippen MR) is 111 cm³/mol. The first kappa shape index (κ1) is 26.8. The van der Waals surface area contributed by atoms with Gasteiger partial charge in [0.1, 0.15) is 0 Å². The molecule has 0 radical (unpaired) electrons. The molecule has 0 aliphatic heterocycles. The molecule has 0 rings (SSSR count). The van der Waals surface area contributed by atoms with E-state index in [1.165, 1.54) is 70.6 Å². The summed E-state index contributed by atoms with van der Waals surface area (Å²) < 4.78 is 32.5. The van der Waals surface area contributed by atoms with Gasteiger partial charge in [-0.2, -0.15) is 8.42 Å². The van der Waals surface area contributed by atoms with Gasteiger partial charge in [-0.25, -0.2) is 8.37 Å². The monoisotopic (exact) mass is 409 g/mol. The maximum absolute atomic E-state index is 11.5. The molecule has 0 aliphatic rings. The predicted octanol–water partition coefficient (Wildman–Crippen LogP) is 4.33. The van der Waals surface area contributed by atoms with Crippen LogP contribution in [0.25, 0.3) is 0 Å². The third-order valence-electron chi connectivity index (χ3n) is 4.52. The van der Waals surface area contributed by atoms with Crippen LogP contribution < -0.4 is 5.32 Å². The quantitative estimate of drug-likeness (QED) is 0.259. The number of nitrogens with one attached hydrogen (secondary N) is 1. The van der Waals surface area contributed by atoms with Gasteiger partial charge < -0.3 is 10.4 Å². The fraction of sp³-hybridized carbons (Fsp3) is 1.00. The van der Waals surface area contributed by atoms with Gasteiger partial charge in [-0.3, -0.25) is 0 Å². The highest BCUT2D eigenvalue weighted by molar-refractivity contribution is 7.81. The highest BCUT2D eigenvalue weighted by atomic mass is 32.3. The van der Waals surface area contributed by atoms with Crippen LogP contribution in [-0.2, 0) is 18.8 Å². The third-order valence-corrected chi connectivity index (χ3v) is 5.43. The van der Waals surface area contributed by atoms with Crippen LogP contribution in [0.3, 0.4) is 0 Å². The molecule has 0 unspecified atom stereocenters. The molecule has 0 aliphatic carbocycles. The Morgan fingerprint density at radius 1 is 0.667 bits per heavy atom. The Labute approximate surface area is 167 Å². The lowest BCUT2D eigenvalue weighted by Gasteiger charge is -2.07. The van der Waals surface area contributed by atoms with E-state index in [1.807, 2.05) is 0 Å². The highest BCUT2D eigenvalue weighted by Crippen LogP contribution is 2.13. The van der Waals surface area contributed by atoms with Crippen LogP contribution in [0.2, 0.25) is 0 Å². The molecule has 164 valence electrons. The summed E-state index contributed by atoms with van der Waals surface area (Å²) in [6.45, 7) is 3.25. The smallest absolute Gasteiger partial charge is 0.395 e. The van der Waals surface area contributed by atoms with E-state index in [2.05, 4.69) is 12.2 Å². The largest absolute Gasteiger partial charge is 0.399 e. The molecule has 0 amide bonds. The Kier molecular flexibility index (Phi) is 20.4. The molecular weight excluding hydrogens is 366 g/mol. The second kappa shape index (κ2) is 20.5. The summed E-state index contributed by atoms with van der Waals surface area (Å²) in [5.74, 6) is 0. The summed E-state index contributed by atoms with van der Waals surface area (Å²) in [6.07, 6.45) is 17.7. The van der Waals surface area contributed by atoms with Crippen molar-refractivity contribution in [2.24, 2.45) is 0 Å². The number of hydrogen-bond acceptors (Lipinski definition) is 6. The number of rotatable bonds is 22. The van der Waals surface area contributed by atoms with Crippen LogP contribution in [0.4, 0.5) is 0 Å². The van der Waals surface area contributed by atoms with Gasteiger partial charge in [0.15, 0.2) is 0 Å². The summed E-state index contributed by atoms with van der Waals surface area (Å²) in [4.78, 5) is 0. The topological polar surface area (TPSA) is 84.9 Å². The summed E-state index contributed by atoms with van der Waals surface area (Å²) >= 11 is 0. The Balaban J connectivity index is 3.25. The van der Waals surface area contributed by atoms with Crippen molar-refractivity contribution < 1.29 is 21.9 Å². The molecule has 6 nitrogen and oxygen atoms in total. The molecule has 0 aromatic heterocycles. The van der Waals surface area contributed by atoms with E-state index in [9.17, 15) is 8.42 Å². The fourth-order valence-electron chi connectivity index (χ4n) is 2.91. The normalized spacial score (nSPS) is 11.9. The lowest BCUT2D eigenvalue weighted by molar-refractivity contribution is 0.209. The van der Waals surface area contributed by atoms with E-state index in [4.69, 9.17) is 13.5 Å². The van der Waals surface area contributed by atoms with Gasteiger partial charge >= 0.3 is 10.4 Å². The second-order valence-electron chi connectivity index (χ2n) is 7.12. The summed E-state index contributed by atoms with van der Waals surface area (Å²) in [5.41, 5.74) is 0. The van der Waals surface area contributed by atoms with Crippen molar-refractivity contribution in [2.45, 2.75) is 96.8 Å². The van der Waals surface area contributed by atoms with Gasteiger partial charge in [-0.1, -0.05) is 90.4 Å². The van der Waals surface area contributed by atoms with Crippen LogP contribution in [0.15, 0.2) is 0 Å². The van der Waals surface area contributed by atoms with Gasteiger partial charge in [-0.15, -0.1) is 0 Å². The molecule has 0 saturated carbocycles. The molecule has 0 bridgehead atoms. The van der Waals surface area contributed by atoms with Crippen molar-refractivity contribution >= 4 is 10.4 Å². The van der Waals surface area contributed by atoms with Crippen molar-refractivity contribution in [1.82, 2.24) is 5.32 Å². The van der Waals surface area contributed by atoms with Gasteiger partial charge in [0.05, 0.1) is 19.8 Å². The van der Waals surface area contributed by atoms with Crippen molar-refractivity contribution in [3.05, 3.63) is 0 Å². The van der Waals surface area contributed by atoms with E-state index < -0.39 is 10.4 Å². The molecule has 0 spiro atoms. The van der Waals surface area contributed by atoms with Gasteiger partial charge in [0.25, 0.3) is 0 Å². The molecule has 0 saturated heterocycles. The number of aliphatic hydroxyl groups excluding tert-OH is 1. The van der Waals surface area contributed by atoms with Crippen molar-refractivity contribution in [1.29, 1.82) is 0 Å². The maximum atomic E-state index is 11.5. The third kappa shape index (κ3) is 21.9. The average molecular weight is 410 g/mol. The van der Waals surface area contributed by atoms with E-state index in [-0.39, 0.29) is 19.8 Å². The molecule has 27 heavy (non-hydrogen) atoms. The zero-order chi connectivity index (χ0) is 20.1. The zero-order valence-electron chi connectivity index (χ0n) is 17.4. The first-order chi connectivity index (χ1) is 13.1. The van der Waals surface area contributed by atoms with E-state index in [1.54, 1.807) is 0 Å². The molecule has 2 N–H and O–H groups in total. The average Bonchev–Trinajstić information content (AvgIpc) is 2.64. The first-order valence-electron chi connectivity index (χ1n) is 11.0. The first-order valence-corrected chi connectivity index (χ1v) is 12.3. The molecule has 7 heteroatoms. The number of hydrogen-bond donors (Lipinski definition) is 2. The Bertz CT molecular complexity index is 390. The second-order valence-corrected chi connectivity index (χ2v) is 8.41. The molecule has 0 fully saturated rings. The minimum absolute atomic E-state index is 0.0150. The van der Waals surface area contributed by atoms with E-state index in [0.717, 1.165) is 19.3 Å². The summed E-state index contributed by atoms with van der Waals surface area (Å²) in [6, 6.07) is 0. The standard InChI is InChI=1S/C20H43NO5S/c1-2-3-4-5-6-7-8-9-10-11-12-13-14-15-19-25-27(23,24)26-20-17-21-16-18-22/h21-22H,2-20H2,1H3. The minimum atomic E-state index is -3.89. The van der Waals surface area contributed by atoms with Gasteiger partial charge in [0.2, 0.25) is 0 Å². The lowest BCUT2D eigenvalue weighted by Crippen LogP contribution is -2.24. The Morgan fingerprint density at radius 3 is 1.59 bits per heavy atom. The molecular formula is C20H43NO5S. The number of aliphatic hydroxyl groups is 1. The zero-order valence-corrected chi connectivity index (χ0v) is 18.2. The van der Waals surface area contributed by atoms with Gasteiger partial charge in [0, 0.05) is 13.1 Å². The van der Waals surface area contributed by atoms with Crippen LogP contribution in [0, 0.1) is 0 Å². The SMILES string of the molecule is CCCCCCCCCCCCCCCCOS(=O)(=O)OCCNCCO. The molecule has 0 aromatic rings. The fourth-order valence-corrected chi connectivity index (χ4v) is 3.59. The van der Waals surface area contributed by atoms with E-state index >= 15 is 0 Å². The van der Waals surface area contributed by atoms with Crippen LogP contribution in [0.1, 0.15) is 96.8 Å². The van der Waals surface area contributed by atoms with Crippen LogP contribution in [0.5, 0.6) is 0 Å². The molecule has 0 aromatic carbocycles. The summed E-state index contributed by atoms with van der Waals surface area (Å²) in [7, 11) is -3.89.